The molecule has 0 unspecified atom stereocenters. The highest BCUT2D eigenvalue weighted by atomic mass is 35.5. The molecule has 98 valence electrons. The van der Waals surface area contributed by atoms with Gasteiger partial charge in [0.25, 0.3) is 0 Å². The van der Waals surface area contributed by atoms with E-state index in [1.54, 1.807) is 25.1 Å². The third-order valence-electron chi connectivity index (χ3n) is 2.61. The summed E-state index contributed by atoms with van der Waals surface area (Å²) in [6.45, 7) is 5.24. The monoisotopic (exact) mass is 280 g/mol. The predicted octanol–water partition coefficient (Wildman–Crippen LogP) is 5.36. The summed E-state index contributed by atoms with van der Waals surface area (Å²) in [5.41, 5.74) is 1.12. The highest BCUT2D eigenvalue weighted by molar-refractivity contribution is 6.31. The Hall–Kier alpha value is -1.87. The number of halogens is 3. The van der Waals surface area contributed by atoms with E-state index in [9.17, 15) is 8.78 Å². The molecule has 0 heterocycles. The molecule has 0 atom stereocenters. The van der Waals surface area contributed by atoms with Crippen LogP contribution in [0.15, 0.2) is 36.9 Å². The molecule has 2 rings (SSSR count). The first-order valence-corrected chi connectivity index (χ1v) is 5.94. The highest BCUT2D eigenvalue weighted by Gasteiger charge is 2.13. The molecule has 19 heavy (non-hydrogen) atoms. The first-order chi connectivity index (χ1) is 9.01. The smallest absolute Gasteiger partial charge is 0.198 e. The van der Waals surface area contributed by atoms with Crippen LogP contribution < -0.4 is 4.74 Å². The molecule has 0 fully saturated rings. The van der Waals surface area contributed by atoms with Crippen molar-refractivity contribution >= 4 is 17.7 Å². The van der Waals surface area contributed by atoms with E-state index in [1.807, 2.05) is 0 Å². The van der Waals surface area contributed by atoms with Crippen LogP contribution >= 0.6 is 11.6 Å². The maximum Gasteiger partial charge on any atom is 0.198 e. The number of ether oxygens (including phenoxy) is 1. The molecule has 0 saturated carbocycles. The third-order valence-corrected chi connectivity index (χ3v) is 3.03. The van der Waals surface area contributed by atoms with Crippen molar-refractivity contribution in [1.82, 2.24) is 0 Å². The van der Waals surface area contributed by atoms with Gasteiger partial charge in [0, 0.05) is 5.02 Å². The van der Waals surface area contributed by atoms with Gasteiger partial charge < -0.3 is 4.74 Å². The molecule has 0 aromatic heterocycles. The van der Waals surface area contributed by atoms with Crippen LogP contribution in [0.25, 0.3) is 6.08 Å². The second-order valence-electron chi connectivity index (χ2n) is 4.03. The topological polar surface area (TPSA) is 9.23 Å². The van der Waals surface area contributed by atoms with Crippen LogP contribution in [-0.2, 0) is 0 Å². The standard InChI is InChI=1S/C15H11ClF2O/c1-3-10-7-13(17)15(14(18)8-10)19-11-4-5-12(16)9(2)6-11/h3-8H,1H2,2H3. The number of benzene rings is 2. The van der Waals surface area contributed by atoms with E-state index in [4.69, 9.17) is 16.3 Å². The molecule has 0 aliphatic heterocycles. The Labute approximate surface area is 115 Å². The van der Waals surface area contributed by atoms with E-state index in [0.29, 0.717) is 16.3 Å². The van der Waals surface area contributed by atoms with Crippen molar-refractivity contribution in [3.63, 3.8) is 0 Å². The van der Waals surface area contributed by atoms with Gasteiger partial charge in [-0.25, -0.2) is 8.78 Å². The Bertz CT molecular complexity index is 615. The van der Waals surface area contributed by atoms with E-state index < -0.39 is 17.4 Å². The molecule has 0 saturated heterocycles. The van der Waals surface area contributed by atoms with E-state index in [1.165, 1.54) is 6.08 Å². The molecule has 0 N–H and O–H groups in total. The van der Waals surface area contributed by atoms with Gasteiger partial charge in [0.05, 0.1) is 0 Å². The minimum absolute atomic E-state index is 0.325. The largest absolute Gasteiger partial charge is 0.451 e. The zero-order valence-electron chi connectivity index (χ0n) is 10.2. The van der Waals surface area contributed by atoms with E-state index >= 15 is 0 Å². The molecule has 1 nitrogen and oxygen atoms in total. The number of aryl methyl sites for hydroxylation is 1. The molecule has 0 bridgehead atoms. The lowest BCUT2D eigenvalue weighted by Crippen LogP contribution is -1.94. The quantitative estimate of drug-likeness (QED) is 0.735. The van der Waals surface area contributed by atoms with Crippen molar-refractivity contribution in [1.29, 1.82) is 0 Å². The Kier molecular flexibility index (Phi) is 3.86. The van der Waals surface area contributed by atoms with Crippen LogP contribution in [0.3, 0.4) is 0 Å². The fourth-order valence-electron chi connectivity index (χ4n) is 1.59. The molecule has 0 aliphatic carbocycles. The highest BCUT2D eigenvalue weighted by Crippen LogP contribution is 2.30. The van der Waals surface area contributed by atoms with Crippen molar-refractivity contribution in [3.8, 4) is 11.5 Å². The van der Waals surface area contributed by atoms with Crippen molar-refractivity contribution in [2.24, 2.45) is 0 Å². The molecular weight excluding hydrogens is 270 g/mol. The Morgan fingerprint density at radius 1 is 1.16 bits per heavy atom. The van der Waals surface area contributed by atoms with Gasteiger partial charge in [-0.15, -0.1) is 0 Å². The summed E-state index contributed by atoms with van der Waals surface area (Å²) < 4.78 is 32.7. The molecular formula is C15H11ClF2O. The zero-order valence-corrected chi connectivity index (χ0v) is 11.0. The minimum Gasteiger partial charge on any atom is -0.451 e. The normalized spacial score (nSPS) is 10.3. The Morgan fingerprint density at radius 2 is 1.79 bits per heavy atom. The minimum atomic E-state index is -0.775. The lowest BCUT2D eigenvalue weighted by molar-refractivity contribution is 0.407. The fourth-order valence-corrected chi connectivity index (χ4v) is 1.71. The second kappa shape index (κ2) is 5.41. The van der Waals surface area contributed by atoms with Crippen LogP contribution in [0.5, 0.6) is 11.5 Å². The average molecular weight is 281 g/mol. The van der Waals surface area contributed by atoms with Crippen LogP contribution in [0.1, 0.15) is 11.1 Å². The van der Waals surface area contributed by atoms with Crippen molar-refractivity contribution in [2.45, 2.75) is 6.92 Å². The Balaban J connectivity index is 2.38. The maximum absolute atomic E-state index is 13.7. The summed E-state index contributed by atoms with van der Waals surface area (Å²) in [6.07, 6.45) is 1.36. The molecule has 0 spiro atoms. The zero-order chi connectivity index (χ0) is 14.0. The van der Waals surface area contributed by atoms with Gasteiger partial charge in [-0.2, -0.15) is 0 Å². The van der Waals surface area contributed by atoms with Crippen LogP contribution in [0, 0.1) is 18.6 Å². The molecule has 4 heteroatoms. The molecule has 2 aromatic carbocycles. The van der Waals surface area contributed by atoms with Crippen molar-refractivity contribution in [3.05, 3.63) is 64.7 Å². The van der Waals surface area contributed by atoms with Crippen molar-refractivity contribution in [2.75, 3.05) is 0 Å². The van der Waals surface area contributed by atoms with Gasteiger partial charge in [-0.3, -0.25) is 0 Å². The van der Waals surface area contributed by atoms with Gasteiger partial charge >= 0.3 is 0 Å². The summed E-state index contributed by atoms with van der Waals surface area (Å²) in [5.74, 6) is -1.66. The summed E-state index contributed by atoms with van der Waals surface area (Å²) in [7, 11) is 0. The van der Waals surface area contributed by atoms with Gasteiger partial charge in [0.15, 0.2) is 17.4 Å². The summed E-state index contributed by atoms with van der Waals surface area (Å²) in [6, 6.07) is 7.10. The number of hydrogen-bond donors (Lipinski definition) is 0. The summed E-state index contributed by atoms with van der Waals surface area (Å²) in [5, 5.41) is 0.565. The summed E-state index contributed by atoms with van der Waals surface area (Å²) in [4.78, 5) is 0. The molecule has 2 aromatic rings. The number of hydrogen-bond acceptors (Lipinski definition) is 1. The van der Waals surface area contributed by atoms with Gasteiger partial charge in [-0.1, -0.05) is 24.3 Å². The van der Waals surface area contributed by atoms with Gasteiger partial charge in [0.2, 0.25) is 0 Å². The van der Waals surface area contributed by atoms with Crippen LogP contribution in [-0.4, -0.2) is 0 Å². The third kappa shape index (κ3) is 2.93. The van der Waals surface area contributed by atoms with Crippen LogP contribution in [0.2, 0.25) is 5.02 Å². The molecule has 0 aliphatic rings. The van der Waals surface area contributed by atoms with E-state index in [0.717, 1.165) is 17.7 Å². The van der Waals surface area contributed by atoms with E-state index in [2.05, 4.69) is 6.58 Å². The Morgan fingerprint density at radius 3 is 2.32 bits per heavy atom. The SMILES string of the molecule is C=Cc1cc(F)c(Oc2ccc(Cl)c(C)c2)c(F)c1. The second-order valence-corrected chi connectivity index (χ2v) is 4.44. The predicted molar refractivity (Wildman–Crippen MR) is 72.7 cm³/mol. The maximum atomic E-state index is 13.7. The lowest BCUT2D eigenvalue weighted by Gasteiger charge is -2.10. The van der Waals surface area contributed by atoms with Gasteiger partial charge in [-0.05, 0) is 48.4 Å². The summed E-state index contributed by atoms with van der Waals surface area (Å²) >= 11 is 5.87. The van der Waals surface area contributed by atoms with Crippen molar-refractivity contribution < 1.29 is 13.5 Å². The fraction of sp³-hybridized carbons (Fsp3) is 0.0667. The first-order valence-electron chi connectivity index (χ1n) is 5.56. The van der Waals surface area contributed by atoms with Crippen LogP contribution in [0.4, 0.5) is 8.78 Å². The first kappa shape index (κ1) is 13.6. The van der Waals surface area contributed by atoms with Gasteiger partial charge in [0.1, 0.15) is 5.75 Å². The number of rotatable bonds is 3. The van der Waals surface area contributed by atoms with E-state index in [-0.39, 0.29) is 0 Å². The lowest BCUT2D eigenvalue weighted by atomic mass is 10.2. The molecule has 0 amide bonds. The molecule has 0 radical (unpaired) electrons. The average Bonchev–Trinajstić information content (AvgIpc) is 2.37.